The largest absolute Gasteiger partial charge is 0.489 e. The number of carbonyl (C=O) groups is 1. The molecule has 0 atom stereocenters. The van der Waals surface area contributed by atoms with Crippen LogP contribution in [-0.4, -0.2) is 72.4 Å². The molecule has 3 heterocycles. The fraction of sp³-hybridized carbons (Fsp3) is 0.739. The fourth-order valence-electron chi connectivity index (χ4n) is 4.73. The van der Waals surface area contributed by atoms with Gasteiger partial charge in [-0.2, -0.15) is 0 Å². The second-order valence-corrected chi connectivity index (χ2v) is 9.36. The highest BCUT2D eigenvalue weighted by molar-refractivity contribution is 5.64. The zero-order valence-corrected chi connectivity index (χ0v) is 18.6. The predicted octanol–water partition coefficient (Wildman–Crippen LogP) is 3.77. The second-order valence-electron chi connectivity index (χ2n) is 9.36. The molecule has 2 N–H and O–H groups in total. The number of amides is 1. The van der Waals surface area contributed by atoms with Crippen LogP contribution in [0.25, 0.3) is 0 Å². The van der Waals surface area contributed by atoms with Gasteiger partial charge in [-0.3, -0.25) is 4.90 Å². The maximum Gasteiger partial charge on any atom is 0.404 e. The van der Waals surface area contributed by atoms with Crippen molar-refractivity contribution in [1.29, 1.82) is 0 Å². The summed E-state index contributed by atoms with van der Waals surface area (Å²) in [5.41, 5.74) is 1.29. The van der Waals surface area contributed by atoms with Crippen LogP contribution >= 0.6 is 0 Å². The Bertz CT molecular complexity index is 773. The number of ether oxygens (including phenoxy) is 1. The Hall–Kier alpha value is -2.16. The monoisotopic (exact) mass is 452 g/mol. The fourth-order valence-corrected chi connectivity index (χ4v) is 4.73. The van der Waals surface area contributed by atoms with E-state index < -0.39 is 12.0 Å². The molecule has 0 aromatic carbocycles. The lowest BCUT2D eigenvalue weighted by Crippen LogP contribution is -2.47. The van der Waals surface area contributed by atoms with Crippen molar-refractivity contribution in [3.8, 4) is 5.75 Å². The second kappa shape index (κ2) is 10.2. The first-order chi connectivity index (χ1) is 15.4. The lowest BCUT2D eigenvalue weighted by molar-refractivity contribution is 0.120. The van der Waals surface area contributed by atoms with Crippen LogP contribution in [0.5, 0.6) is 5.75 Å². The van der Waals surface area contributed by atoms with Gasteiger partial charge >= 0.3 is 6.09 Å². The summed E-state index contributed by atoms with van der Waals surface area (Å²) in [6.07, 6.45) is 7.72. The van der Waals surface area contributed by atoms with Crippen molar-refractivity contribution in [1.82, 2.24) is 15.2 Å². The van der Waals surface area contributed by atoms with Gasteiger partial charge in [-0.05, 0) is 50.6 Å². The van der Waals surface area contributed by atoms with Gasteiger partial charge in [-0.1, -0.05) is 0 Å². The number of nitrogens with zero attached hydrogens (tertiary/aromatic N) is 3. The van der Waals surface area contributed by atoms with E-state index in [1.165, 1.54) is 12.0 Å². The van der Waals surface area contributed by atoms with Gasteiger partial charge in [0.1, 0.15) is 0 Å². The zero-order chi connectivity index (χ0) is 22.6. The van der Waals surface area contributed by atoms with Crippen molar-refractivity contribution in [2.24, 2.45) is 5.92 Å². The summed E-state index contributed by atoms with van der Waals surface area (Å²) in [4.78, 5) is 20.2. The first-order valence-corrected chi connectivity index (χ1v) is 11.8. The lowest BCUT2D eigenvalue weighted by atomic mass is 9.84. The van der Waals surface area contributed by atoms with Crippen LogP contribution in [0.1, 0.15) is 50.5 Å². The van der Waals surface area contributed by atoms with Gasteiger partial charge in [0.15, 0.2) is 11.6 Å². The molecule has 3 fully saturated rings. The SMILES string of the molecule is FC1(F)CC1.O=C(O)NC1CCC(CCN2CCN(c3nccc4c3OCC4)CC2)CC1. The first kappa shape index (κ1) is 23.0. The number of anilines is 1. The summed E-state index contributed by atoms with van der Waals surface area (Å²) in [7, 11) is 0. The number of hydrogen-bond acceptors (Lipinski definition) is 5. The summed E-state index contributed by atoms with van der Waals surface area (Å²) in [5, 5.41) is 11.5. The Morgan fingerprint density at radius 2 is 1.88 bits per heavy atom. The molecule has 5 rings (SSSR count). The van der Waals surface area contributed by atoms with Gasteiger partial charge in [0.2, 0.25) is 5.92 Å². The molecule has 1 saturated heterocycles. The van der Waals surface area contributed by atoms with Gasteiger partial charge in [0, 0.05) is 63.2 Å². The van der Waals surface area contributed by atoms with Crippen molar-refractivity contribution >= 4 is 11.9 Å². The molecule has 1 aromatic heterocycles. The topological polar surface area (TPSA) is 77.9 Å². The first-order valence-electron chi connectivity index (χ1n) is 11.8. The standard InChI is InChI=1S/C20H30N4O3.C3H4F2/c25-20(26)22-17-3-1-15(2-4-17)6-9-23-10-12-24(13-11-23)19-18-16(5-8-21-19)7-14-27-18;4-3(5)1-2-3/h5,8,15,17,22H,1-4,6-7,9-14H2,(H,25,26);1-2H2. The minimum absolute atomic E-state index is 0.118. The van der Waals surface area contributed by atoms with E-state index in [4.69, 9.17) is 9.84 Å². The number of rotatable bonds is 5. The lowest BCUT2D eigenvalue weighted by Gasteiger charge is -2.37. The molecule has 0 radical (unpaired) electrons. The van der Waals surface area contributed by atoms with E-state index in [-0.39, 0.29) is 18.9 Å². The quantitative estimate of drug-likeness (QED) is 0.708. The molecule has 1 amide bonds. The summed E-state index contributed by atoms with van der Waals surface area (Å²) >= 11 is 0. The Labute approximate surface area is 188 Å². The molecule has 2 aliphatic carbocycles. The molecule has 2 saturated carbocycles. The number of fused-ring (bicyclic) bond motifs is 1. The van der Waals surface area contributed by atoms with Crippen molar-refractivity contribution in [3.05, 3.63) is 17.8 Å². The van der Waals surface area contributed by atoms with Crippen molar-refractivity contribution < 1.29 is 23.4 Å². The molecule has 178 valence electrons. The van der Waals surface area contributed by atoms with Gasteiger partial charge in [0.25, 0.3) is 0 Å². The zero-order valence-electron chi connectivity index (χ0n) is 18.6. The van der Waals surface area contributed by atoms with Crippen LogP contribution in [0.4, 0.5) is 19.4 Å². The predicted molar refractivity (Wildman–Crippen MR) is 118 cm³/mol. The number of halogens is 2. The highest BCUT2D eigenvalue weighted by atomic mass is 19.3. The van der Waals surface area contributed by atoms with E-state index in [2.05, 4.69) is 26.2 Å². The highest BCUT2D eigenvalue weighted by Gasteiger charge is 2.43. The van der Waals surface area contributed by atoms with Gasteiger partial charge < -0.3 is 20.1 Å². The minimum atomic E-state index is -2.25. The molecule has 4 aliphatic rings. The van der Waals surface area contributed by atoms with Crippen LogP contribution in [0.15, 0.2) is 12.3 Å². The van der Waals surface area contributed by atoms with Gasteiger partial charge in [-0.25, -0.2) is 18.6 Å². The van der Waals surface area contributed by atoms with Crippen LogP contribution in [0, 0.1) is 5.92 Å². The summed E-state index contributed by atoms with van der Waals surface area (Å²) in [5.74, 6) is 0.508. The van der Waals surface area contributed by atoms with Gasteiger partial charge in [-0.15, -0.1) is 0 Å². The van der Waals surface area contributed by atoms with Crippen molar-refractivity contribution in [2.75, 3.05) is 44.2 Å². The number of piperazine rings is 1. The van der Waals surface area contributed by atoms with Crippen molar-refractivity contribution in [2.45, 2.75) is 63.3 Å². The smallest absolute Gasteiger partial charge is 0.404 e. The minimum Gasteiger partial charge on any atom is -0.489 e. The van der Waals surface area contributed by atoms with E-state index in [0.717, 1.165) is 88.9 Å². The molecule has 7 nitrogen and oxygen atoms in total. The van der Waals surface area contributed by atoms with E-state index in [0.29, 0.717) is 0 Å². The van der Waals surface area contributed by atoms with E-state index in [9.17, 15) is 13.6 Å². The van der Waals surface area contributed by atoms with Crippen LogP contribution < -0.4 is 15.0 Å². The Kier molecular flexibility index (Phi) is 7.33. The molecular formula is C23H34F2N4O3. The average molecular weight is 453 g/mol. The molecule has 0 unspecified atom stereocenters. The Morgan fingerprint density at radius 3 is 2.50 bits per heavy atom. The van der Waals surface area contributed by atoms with E-state index in [1.807, 2.05) is 6.20 Å². The molecule has 0 spiro atoms. The molecule has 32 heavy (non-hydrogen) atoms. The van der Waals surface area contributed by atoms with Gasteiger partial charge in [0.05, 0.1) is 6.61 Å². The molecule has 2 aliphatic heterocycles. The van der Waals surface area contributed by atoms with Crippen molar-refractivity contribution in [3.63, 3.8) is 0 Å². The van der Waals surface area contributed by atoms with E-state index in [1.54, 1.807) is 0 Å². The Morgan fingerprint density at radius 1 is 1.19 bits per heavy atom. The average Bonchev–Trinajstić information content (AvgIpc) is 3.27. The van der Waals surface area contributed by atoms with Crippen LogP contribution in [-0.2, 0) is 6.42 Å². The molecule has 9 heteroatoms. The third-order valence-corrected chi connectivity index (χ3v) is 6.91. The summed E-state index contributed by atoms with van der Waals surface area (Å²) in [6.45, 7) is 6.07. The maximum atomic E-state index is 11.1. The molecular weight excluding hydrogens is 418 g/mol. The number of alkyl halides is 2. The maximum absolute atomic E-state index is 11.1. The normalized spacial score (nSPS) is 26.4. The third kappa shape index (κ3) is 6.43. The van der Waals surface area contributed by atoms with Crippen LogP contribution in [0.3, 0.4) is 0 Å². The van der Waals surface area contributed by atoms with E-state index >= 15 is 0 Å². The highest BCUT2D eigenvalue weighted by Crippen LogP contribution is 2.40. The molecule has 1 aromatic rings. The number of hydrogen-bond donors (Lipinski definition) is 2. The van der Waals surface area contributed by atoms with Crippen LogP contribution in [0.2, 0.25) is 0 Å². The number of nitrogens with one attached hydrogen (secondary N) is 1. The molecule has 0 bridgehead atoms. The summed E-state index contributed by atoms with van der Waals surface area (Å²) < 4.78 is 28.1. The number of pyridine rings is 1. The number of aromatic nitrogens is 1. The third-order valence-electron chi connectivity index (χ3n) is 6.91. The number of carboxylic acid groups (broad SMARTS) is 1. The summed E-state index contributed by atoms with van der Waals surface area (Å²) in [6, 6.07) is 2.23. The Balaban J connectivity index is 0.000000433.